The molecule has 2 rings (SSSR count). The highest BCUT2D eigenvalue weighted by molar-refractivity contribution is 8.46. The molecule has 3 nitrogen and oxygen atoms in total. The highest BCUT2D eigenvalue weighted by Crippen LogP contribution is 2.61. The van der Waals surface area contributed by atoms with Gasteiger partial charge in [0.05, 0.1) is 0 Å². The van der Waals surface area contributed by atoms with Crippen LogP contribution in [0.25, 0.3) is 0 Å². The smallest absolute Gasteiger partial charge is 0.177 e. The molecule has 2 N–H and O–H groups in total. The molecule has 0 saturated heterocycles. The molecular weight excluding hydrogens is 256 g/mol. The predicted octanol–water partition coefficient (Wildman–Crippen LogP) is 2.97. The Bertz CT molecular complexity index is 602. The van der Waals surface area contributed by atoms with E-state index in [0.717, 1.165) is 10.5 Å². The van der Waals surface area contributed by atoms with Crippen LogP contribution in [-0.4, -0.2) is 5.23 Å². The third kappa shape index (κ3) is 1.66. The summed E-state index contributed by atoms with van der Waals surface area (Å²) in [7, 11) is -3.11. The van der Waals surface area contributed by atoms with Crippen LogP contribution < -0.4 is 8.96 Å². The first-order valence-electron chi connectivity index (χ1n) is 5.06. The maximum atomic E-state index is 11.6. The van der Waals surface area contributed by atoms with E-state index >= 15 is 0 Å². The standard InChI is InChI=1S/C12H13ClN2OS/c1-11-6-2-3-7-12(11)17(10-16,15-13)9-5-4-8-14-17/h2-9,14-15H,1H3. The number of carbonyl (C=O) groups excluding carboxylic acids is 1. The lowest BCUT2D eigenvalue weighted by atomic mass is 10.2. The summed E-state index contributed by atoms with van der Waals surface area (Å²) in [5, 5.41) is 3.87. The van der Waals surface area contributed by atoms with E-state index in [-0.39, 0.29) is 0 Å². The second kappa shape index (κ2) is 4.17. The van der Waals surface area contributed by atoms with Crippen molar-refractivity contribution in [3.8, 4) is 0 Å². The third-order valence-electron chi connectivity index (χ3n) is 2.75. The number of allylic oxidation sites excluding steroid dienone is 2. The molecule has 0 saturated carbocycles. The summed E-state index contributed by atoms with van der Waals surface area (Å²) in [4.78, 5) is 12.4. The van der Waals surface area contributed by atoms with Crippen molar-refractivity contribution in [2.45, 2.75) is 11.8 Å². The zero-order valence-electron chi connectivity index (χ0n) is 9.31. The van der Waals surface area contributed by atoms with Crippen LogP contribution in [0.2, 0.25) is 0 Å². The maximum absolute atomic E-state index is 11.6. The van der Waals surface area contributed by atoms with Crippen LogP contribution in [0, 0.1) is 6.92 Å². The molecule has 5 heteroatoms. The largest absolute Gasteiger partial charge is 0.333 e. The van der Waals surface area contributed by atoms with Gasteiger partial charge in [-0.25, -0.2) is 4.79 Å². The van der Waals surface area contributed by atoms with E-state index in [0.29, 0.717) is 0 Å². The van der Waals surface area contributed by atoms with Gasteiger partial charge in [-0.15, -0.1) is 0 Å². The van der Waals surface area contributed by atoms with E-state index in [9.17, 15) is 4.79 Å². The second-order valence-corrected chi connectivity index (χ2v) is 7.71. The minimum Gasteiger partial charge on any atom is -0.333 e. The summed E-state index contributed by atoms with van der Waals surface area (Å²) in [6, 6.07) is 7.63. The number of rotatable bonds is 2. The molecule has 0 atom stereocenters. The van der Waals surface area contributed by atoms with E-state index in [1.165, 1.54) is 0 Å². The molecule has 17 heavy (non-hydrogen) atoms. The average Bonchev–Trinajstić information content (AvgIpc) is 2.40. The second-order valence-electron chi connectivity index (χ2n) is 3.82. The van der Waals surface area contributed by atoms with Crippen molar-refractivity contribution in [2.75, 3.05) is 0 Å². The van der Waals surface area contributed by atoms with Crippen molar-refractivity contribution >= 4 is 26.1 Å². The molecule has 0 bridgehead atoms. The highest BCUT2D eigenvalue weighted by atomic mass is 35.5. The summed E-state index contributed by atoms with van der Waals surface area (Å²) in [6.45, 7) is 1.94. The maximum Gasteiger partial charge on any atom is 0.177 e. The summed E-state index contributed by atoms with van der Waals surface area (Å²) in [5.74, 6) is 0. The third-order valence-corrected chi connectivity index (χ3v) is 7.08. The fraction of sp³-hybridized carbons (Fsp3) is 0.0833. The first-order valence-corrected chi connectivity index (χ1v) is 7.54. The lowest BCUT2D eigenvalue weighted by Crippen LogP contribution is -2.31. The Kier molecular flexibility index (Phi) is 2.98. The molecule has 0 fully saturated rings. The van der Waals surface area contributed by atoms with Gasteiger partial charge in [-0.2, -0.15) is 4.24 Å². The quantitative estimate of drug-likeness (QED) is 0.640. The topological polar surface area (TPSA) is 41.1 Å². The van der Waals surface area contributed by atoms with E-state index in [2.05, 4.69) is 14.2 Å². The Hall–Kier alpha value is -1.32. The first kappa shape index (κ1) is 12.1. The predicted molar refractivity (Wildman–Crippen MR) is 73.1 cm³/mol. The van der Waals surface area contributed by atoms with Crippen LogP contribution >= 0.6 is 20.9 Å². The number of benzene rings is 1. The van der Waals surface area contributed by atoms with Crippen molar-refractivity contribution < 1.29 is 4.79 Å². The number of aryl methyl sites for hydroxylation is 1. The molecule has 0 radical (unpaired) electrons. The van der Waals surface area contributed by atoms with Crippen LogP contribution in [-0.2, 0) is 4.79 Å². The Morgan fingerprint density at radius 1 is 1.35 bits per heavy atom. The minimum absolute atomic E-state index is 0.829. The molecule has 0 amide bonds. The molecule has 1 aromatic carbocycles. The highest BCUT2D eigenvalue weighted by Gasteiger charge is 2.34. The Morgan fingerprint density at radius 3 is 2.65 bits per heavy atom. The molecule has 0 aliphatic carbocycles. The normalized spacial score (nSPS) is 21.9. The van der Waals surface area contributed by atoms with Crippen molar-refractivity contribution in [1.82, 2.24) is 8.96 Å². The summed E-state index contributed by atoms with van der Waals surface area (Å²) < 4.78 is 5.72. The van der Waals surface area contributed by atoms with Gasteiger partial charge in [0, 0.05) is 11.1 Å². The van der Waals surface area contributed by atoms with Gasteiger partial charge >= 0.3 is 0 Å². The van der Waals surface area contributed by atoms with Crippen LogP contribution in [0.3, 0.4) is 0 Å². The van der Waals surface area contributed by atoms with Gasteiger partial charge in [-0.3, -0.25) is 0 Å². The van der Waals surface area contributed by atoms with Gasteiger partial charge < -0.3 is 4.72 Å². The molecule has 1 aliphatic rings. The lowest BCUT2D eigenvalue weighted by molar-refractivity contribution is 0.571. The van der Waals surface area contributed by atoms with Crippen molar-refractivity contribution in [1.29, 1.82) is 0 Å². The summed E-state index contributed by atoms with van der Waals surface area (Å²) in [6.07, 6.45) is 5.31. The molecule has 1 aromatic rings. The van der Waals surface area contributed by atoms with E-state index in [1.807, 2.05) is 37.3 Å². The molecule has 90 valence electrons. The monoisotopic (exact) mass is 268 g/mol. The van der Waals surface area contributed by atoms with Gasteiger partial charge in [0.1, 0.15) is 0 Å². The summed E-state index contributed by atoms with van der Waals surface area (Å²) in [5.41, 5.74) is 0.985. The number of hydrogen-bond acceptors (Lipinski definition) is 3. The van der Waals surface area contributed by atoms with Crippen molar-refractivity contribution in [3.63, 3.8) is 0 Å². The van der Waals surface area contributed by atoms with Gasteiger partial charge in [-0.1, -0.05) is 24.3 Å². The molecule has 0 unspecified atom stereocenters. The number of hydrogen-bond donors (Lipinski definition) is 2. The zero-order valence-corrected chi connectivity index (χ0v) is 10.9. The molecular formula is C12H13ClN2OS. The van der Waals surface area contributed by atoms with E-state index < -0.39 is 9.12 Å². The number of halogens is 1. The zero-order chi connectivity index (χ0) is 12.4. The first-order chi connectivity index (χ1) is 8.16. The van der Waals surface area contributed by atoms with Gasteiger partial charge in [0.25, 0.3) is 0 Å². The SMILES string of the molecule is Cc1ccccc1S1(=C=O)(NCl)C=CC=CN1. The van der Waals surface area contributed by atoms with E-state index in [1.54, 1.807) is 17.7 Å². The number of nitrogens with one attached hydrogen (secondary N) is 2. The van der Waals surface area contributed by atoms with Crippen LogP contribution in [0.15, 0.2) is 52.9 Å². The van der Waals surface area contributed by atoms with Crippen molar-refractivity contribution in [2.24, 2.45) is 0 Å². The molecule has 0 aromatic heterocycles. The minimum atomic E-state index is -3.11. The van der Waals surface area contributed by atoms with Gasteiger partial charge in [0.2, 0.25) is 0 Å². The van der Waals surface area contributed by atoms with Crippen molar-refractivity contribution in [3.05, 3.63) is 53.6 Å². The van der Waals surface area contributed by atoms with E-state index in [4.69, 9.17) is 11.8 Å². The van der Waals surface area contributed by atoms with Crippen LogP contribution in [0.4, 0.5) is 0 Å². The fourth-order valence-corrected chi connectivity index (χ4v) is 5.10. The Morgan fingerprint density at radius 2 is 2.12 bits per heavy atom. The van der Waals surface area contributed by atoms with Crippen LogP contribution in [0.5, 0.6) is 0 Å². The fourth-order valence-electron chi connectivity index (χ4n) is 1.85. The van der Waals surface area contributed by atoms with Gasteiger partial charge in [0.15, 0.2) is 5.23 Å². The van der Waals surface area contributed by atoms with Crippen LogP contribution in [0.1, 0.15) is 5.56 Å². The summed E-state index contributed by atoms with van der Waals surface area (Å²) >= 11 is 5.89. The molecule has 0 spiro atoms. The molecule has 1 heterocycles. The Balaban J connectivity index is 2.84. The van der Waals surface area contributed by atoms with Gasteiger partial charge in [-0.05, 0) is 50.9 Å². The Labute approximate surface area is 105 Å². The molecule has 1 aliphatic heterocycles. The average molecular weight is 269 g/mol. The lowest BCUT2D eigenvalue weighted by Gasteiger charge is -2.44.